The van der Waals surface area contributed by atoms with Crippen LogP contribution in [0, 0.1) is 0 Å². The van der Waals surface area contributed by atoms with E-state index in [1.165, 1.54) is 13.2 Å². The van der Waals surface area contributed by atoms with Gasteiger partial charge < -0.3 is 10.1 Å². The summed E-state index contributed by atoms with van der Waals surface area (Å²) in [6.45, 7) is 3.25. The van der Waals surface area contributed by atoms with E-state index in [9.17, 15) is 14.4 Å². The topological polar surface area (TPSA) is 72.5 Å². The van der Waals surface area contributed by atoms with Crippen LogP contribution in [0.4, 0.5) is 5.69 Å². The SMILES string of the molecule is COC(=O)c1cccc(NC2=CC(=O)C(C)=C(C)C2=O)c1. The molecule has 5 nitrogen and oxygen atoms in total. The molecule has 0 heterocycles. The standard InChI is InChI=1S/C16H15NO4/c1-9-10(2)15(19)13(8-14(9)18)17-12-6-4-5-11(7-12)16(20)21-3/h4-8,17H,1-3H3. The van der Waals surface area contributed by atoms with Crippen LogP contribution in [0.2, 0.25) is 0 Å². The Bertz CT molecular complexity index is 698. The number of ether oxygens (including phenoxy) is 1. The lowest BCUT2D eigenvalue weighted by Crippen LogP contribution is -2.21. The molecule has 1 N–H and O–H groups in total. The lowest BCUT2D eigenvalue weighted by atomic mass is 9.95. The minimum Gasteiger partial charge on any atom is -0.465 e. The van der Waals surface area contributed by atoms with Crippen molar-refractivity contribution in [2.45, 2.75) is 13.8 Å². The van der Waals surface area contributed by atoms with Crippen molar-refractivity contribution in [1.29, 1.82) is 0 Å². The molecule has 5 heteroatoms. The van der Waals surface area contributed by atoms with Crippen molar-refractivity contribution >= 4 is 23.2 Å². The average molecular weight is 285 g/mol. The van der Waals surface area contributed by atoms with Gasteiger partial charge in [0.2, 0.25) is 5.78 Å². The number of Topliss-reactive ketones (excluding diaryl/α,β-unsaturated/α-hetero) is 1. The van der Waals surface area contributed by atoms with E-state index < -0.39 is 5.97 Å². The van der Waals surface area contributed by atoms with E-state index in [4.69, 9.17) is 0 Å². The molecule has 0 unspecified atom stereocenters. The molecule has 0 saturated carbocycles. The molecule has 21 heavy (non-hydrogen) atoms. The minimum absolute atomic E-state index is 0.196. The molecule has 108 valence electrons. The van der Waals surface area contributed by atoms with Gasteiger partial charge in [-0.05, 0) is 32.0 Å². The number of methoxy groups -OCH3 is 1. The van der Waals surface area contributed by atoms with E-state index in [2.05, 4.69) is 10.1 Å². The minimum atomic E-state index is -0.467. The lowest BCUT2D eigenvalue weighted by Gasteiger charge is -2.16. The lowest BCUT2D eigenvalue weighted by molar-refractivity contribution is -0.115. The van der Waals surface area contributed by atoms with Crippen LogP contribution in [0.5, 0.6) is 0 Å². The Morgan fingerprint density at radius 1 is 1.14 bits per heavy atom. The van der Waals surface area contributed by atoms with E-state index >= 15 is 0 Å². The second kappa shape index (κ2) is 5.75. The summed E-state index contributed by atoms with van der Waals surface area (Å²) in [5.41, 5.74) is 1.98. The molecule has 0 aliphatic heterocycles. The van der Waals surface area contributed by atoms with Crippen LogP contribution in [0.3, 0.4) is 0 Å². The third-order valence-corrected chi connectivity index (χ3v) is 3.36. The number of ketones is 2. The Labute approximate surface area is 122 Å². The third kappa shape index (κ3) is 2.91. The number of carbonyl (C=O) groups excluding carboxylic acids is 3. The molecule has 0 aromatic heterocycles. The number of nitrogens with one attached hydrogen (secondary N) is 1. The summed E-state index contributed by atoms with van der Waals surface area (Å²) >= 11 is 0. The van der Waals surface area contributed by atoms with E-state index in [1.54, 1.807) is 38.1 Å². The smallest absolute Gasteiger partial charge is 0.337 e. The van der Waals surface area contributed by atoms with Crippen molar-refractivity contribution in [2.75, 3.05) is 12.4 Å². The number of esters is 1. The number of allylic oxidation sites excluding steroid dienone is 3. The van der Waals surface area contributed by atoms with Gasteiger partial charge in [0.15, 0.2) is 5.78 Å². The summed E-state index contributed by atoms with van der Waals surface area (Å²) in [4.78, 5) is 35.4. The van der Waals surface area contributed by atoms with Crippen molar-refractivity contribution in [3.63, 3.8) is 0 Å². The van der Waals surface area contributed by atoms with Crippen molar-refractivity contribution in [3.05, 3.63) is 52.7 Å². The molecular formula is C16H15NO4. The molecule has 1 aliphatic carbocycles. The Hall–Kier alpha value is -2.69. The molecule has 1 aliphatic rings. The van der Waals surface area contributed by atoms with Crippen LogP contribution >= 0.6 is 0 Å². The van der Waals surface area contributed by atoms with Crippen molar-refractivity contribution in [3.8, 4) is 0 Å². The molecule has 0 saturated heterocycles. The van der Waals surface area contributed by atoms with Gasteiger partial charge in [0.05, 0.1) is 18.4 Å². The first-order valence-corrected chi connectivity index (χ1v) is 6.37. The molecular weight excluding hydrogens is 270 g/mol. The van der Waals surface area contributed by atoms with Crippen LogP contribution < -0.4 is 5.32 Å². The quantitative estimate of drug-likeness (QED) is 0.681. The fourth-order valence-corrected chi connectivity index (χ4v) is 1.95. The summed E-state index contributed by atoms with van der Waals surface area (Å²) < 4.78 is 4.64. The van der Waals surface area contributed by atoms with Crippen LogP contribution in [0.25, 0.3) is 0 Å². The highest BCUT2D eigenvalue weighted by Crippen LogP contribution is 2.21. The Balaban J connectivity index is 2.27. The van der Waals surface area contributed by atoms with E-state index in [1.807, 2.05) is 0 Å². The van der Waals surface area contributed by atoms with Crippen molar-refractivity contribution in [2.24, 2.45) is 0 Å². The first kappa shape index (κ1) is 14.7. The van der Waals surface area contributed by atoms with E-state index in [0.29, 0.717) is 22.4 Å². The molecule has 0 radical (unpaired) electrons. The van der Waals surface area contributed by atoms with Gasteiger partial charge in [-0.3, -0.25) is 9.59 Å². The monoisotopic (exact) mass is 285 g/mol. The van der Waals surface area contributed by atoms with Gasteiger partial charge in [-0.1, -0.05) is 6.07 Å². The van der Waals surface area contributed by atoms with Crippen LogP contribution in [-0.2, 0) is 14.3 Å². The largest absolute Gasteiger partial charge is 0.465 e. The molecule has 0 amide bonds. The second-order valence-corrected chi connectivity index (χ2v) is 4.70. The summed E-state index contributed by atoms with van der Waals surface area (Å²) in [6.07, 6.45) is 1.27. The maximum Gasteiger partial charge on any atom is 0.337 e. The first-order chi connectivity index (χ1) is 9.93. The number of carbonyl (C=O) groups is 3. The van der Waals surface area contributed by atoms with Crippen LogP contribution in [-0.4, -0.2) is 24.6 Å². The molecule has 1 aromatic carbocycles. The fourth-order valence-electron chi connectivity index (χ4n) is 1.95. The molecule has 0 spiro atoms. The van der Waals surface area contributed by atoms with Gasteiger partial charge in [0, 0.05) is 22.9 Å². The maximum atomic E-state index is 12.1. The molecule has 0 fully saturated rings. The highest BCUT2D eigenvalue weighted by Gasteiger charge is 2.23. The molecule has 2 rings (SSSR count). The number of rotatable bonds is 3. The number of hydrogen-bond donors (Lipinski definition) is 1. The van der Waals surface area contributed by atoms with Gasteiger partial charge in [0.1, 0.15) is 0 Å². The van der Waals surface area contributed by atoms with Gasteiger partial charge >= 0.3 is 5.97 Å². The first-order valence-electron chi connectivity index (χ1n) is 6.37. The average Bonchev–Trinajstić information content (AvgIpc) is 2.50. The predicted octanol–water partition coefficient (Wildman–Crippen LogP) is 2.26. The Morgan fingerprint density at radius 2 is 1.86 bits per heavy atom. The predicted molar refractivity (Wildman–Crippen MR) is 77.9 cm³/mol. The summed E-state index contributed by atoms with van der Waals surface area (Å²) in [5, 5.41) is 2.88. The maximum absolute atomic E-state index is 12.1. The fraction of sp³-hybridized carbons (Fsp3) is 0.188. The third-order valence-electron chi connectivity index (χ3n) is 3.36. The molecule has 0 bridgehead atoms. The zero-order valence-corrected chi connectivity index (χ0v) is 12.0. The van der Waals surface area contributed by atoms with Crippen molar-refractivity contribution in [1.82, 2.24) is 0 Å². The number of anilines is 1. The Morgan fingerprint density at radius 3 is 2.52 bits per heavy atom. The van der Waals surface area contributed by atoms with Crippen LogP contribution in [0.15, 0.2) is 47.2 Å². The molecule has 0 atom stereocenters. The van der Waals surface area contributed by atoms with Crippen molar-refractivity contribution < 1.29 is 19.1 Å². The highest BCUT2D eigenvalue weighted by molar-refractivity contribution is 6.23. The zero-order chi connectivity index (χ0) is 15.6. The Kier molecular flexibility index (Phi) is 4.03. The van der Waals surface area contributed by atoms with Crippen LogP contribution in [0.1, 0.15) is 24.2 Å². The van der Waals surface area contributed by atoms with Gasteiger partial charge in [-0.15, -0.1) is 0 Å². The summed E-state index contributed by atoms with van der Waals surface area (Å²) in [5.74, 6) is -0.889. The second-order valence-electron chi connectivity index (χ2n) is 4.70. The van der Waals surface area contributed by atoms with E-state index in [-0.39, 0.29) is 17.3 Å². The number of hydrogen-bond acceptors (Lipinski definition) is 5. The van der Waals surface area contributed by atoms with Gasteiger partial charge in [-0.2, -0.15) is 0 Å². The number of benzene rings is 1. The van der Waals surface area contributed by atoms with Gasteiger partial charge in [-0.25, -0.2) is 4.79 Å². The normalized spacial score (nSPS) is 14.9. The zero-order valence-electron chi connectivity index (χ0n) is 12.0. The molecule has 1 aromatic rings. The summed E-state index contributed by atoms with van der Waals surface area (Å²) in [6, 6.07) is 6.53. The van der Waals surface area contributed by atoms with E-state index in [0.717, 1.165) is 0 Å². The summed E-state index contributed by atoms with van der Waals surface area (Å²) in [7, 11) is 1.30. The van der Waals surface area contributed by atoms with Gasteiger partial charge in [0.25, 0.3) is 0 Å². The highest BCUT2D eigenvalue weighted by atomic mass is 16.5.